The van der Waals surface area contributed by atoms with Crippen LogP contribution in [0.15, 0.2) is 29.4 Å². The highest BCUT2D eigenvalue weighted by atomic mass is 19.1. The van der Waals surface area contributed by atoms with Gasteiger partial charge in [-0.25, -0.2) is 4.39 Å². The number of hydrogen-bond donors (Lipinski definition) is 1. The highest BCUT2D eigenvalue weighted by Crippen LogP contribution is 2.27. The van der Waals surface area contributed by atoms with Gasteiger partial charge in [0.1, 0.15) is 11.7 Å². The molecule has 0 fully saturated rings. The fourth-order valence-electron chi connectivity index (χ4n) is 1.79. The first-order valence-corrected chi connectivity index (χ1v) is 5.09. The van der Waals surface area contributed by atoms with Gasteiger partial charge in [0.25, 0.3) is 0 Å². The third kappa shape index (κ3) is 1.79. The Balaban J connectivity index is 2.34. The summed E-state index contributed by atoms with van der Waals surface area (Å²) in [6.07, 6.45) is 1.61. The Morgan fingerprint density at radius 1 is 1.53 bits per heavy atom. The number of hydrazone groups is 1. The summed E-state index contributed by atoms with van der Waals surface area (Å²) in [5, 5.41) is 5.84. The minimum absolute atomic E-state index is 0.182. The van der Waals surface area contributed by atoms with Gasteiger partial charge in [-0.05, 0) is 18.6 Å². The van der Waals surface area contributed by atoms with Crippen molar-refractivity contribution in [3.05, 3.63) is 30.1 Å². The summed E-state index contributed by atoms with van der Waals surface area (Å²) in [7, 11) is 0. The van der Waals surface area contributed by atoms with Gasteiger partial charge in [-0.1, -0.05) is 19.1 Å². The van der Waals surface area contributed by atoms with Gasteiger partial charge in [-0.2, -0.15) is 5.10 Å². The van der Waals surface area contributed by atoms with Crippen molar-refractivity contribution >= 4 is 11.5 Å². The summed E-state index contributed by atoms with van der Waals surface area (Å²) >= 11 is 0. The zero-order valence-electron chi connectivity index (χ0n) is 8.65. The minimum Gasteiger partial charge on any atom is -0.386 e. The van der Waals surface area contributed by atoms with Crippen LogP contribution in [0.25, 0.3) is 0 Å². The minimum atomic E-state index is -0.255. The number of rotatable bonds is 2. The molecule has 80 valence electrons. The van der Waals surface area contributed by atoms with Crippen LogP contribution in [0.1, 0.15) is 19.8 Å². The van der Waals surface area contributed by atoms with Crippen LogP contribution in [0.2, 0.25) is 0 Å². The Labute approximate surface area is 88.4 Å². The van der Waals surface area contributed by atoms with Crippen molar-refractivity contribution in [2.75, 3.05) is 5.01 Å². The molecule has 2 N–H and O–H groups in total. The number of para-hydroxylation sites is 1. The molecule has 4 heteroatoms. The molecule has 1 aromatic rings. The molecule has 2 rings (SSSR count). The molecule has 1 heterocycles. The van der Waals surface area contributed by atoms with E-state index in [-0.39, 0.29) is 11.9 Å². The molecule has 0 aliphatic carbocycles. The van der Waals surface area contributed by atoms with Gasteiger partial charge in [0.2, 0.25) is 0 Å². The van der Waals surface area contributed by atoms with E-state index in [2.05, 4.69) is 5.10 Å². The lowest BCUT2D eigenvalue weighted by atomic mass is 10.1. The van der Waals surface area contributed by atoms with Crippen LogP contribution in [0.4, 0.5) is 10.1 Å². The van der Waals surface area contributed by atoms with Crippen molar-refractivity contribution in [1.82, 2.24) is 0 Å². The van der Waals surface area contributed by atoms with Crippen LogP contribution in [-0.4, -0.2) is 11.9 Å². The number of benzene rings is 1. The van der Waals surface area contributed by atoms with Crippen LogP contribution in [-0.2, 0) is 0 Å². The second kappa shape index (κ2) is 3.88. The fraction of sp³-hybridized carbons (Fsp3) is 0.364. The van der Waals surface area contributed by atoms with Crippen molar-refractivity contribution in [3.8, 4) is 0 Å². The molecule has 0 amide bonds. The molecule has 0 bridgehead atoms. The molecule has 1 aromatic carbocycles. The van der Waals surface area contributed by atoms with Crippen LogP contribution >= 0.6 is 0 Å². The zero-order chi connectivity index (χ0) is 10.8. The number of anilines is 1. The summed E-state index contributed by atoms with van der Waals surface area (Å²) in [6, 6.07) is 6.81. The number of amidine groups is 1. The van der Waals surface area contributed by atoms with Crippen molar-refractivity contribution in [1.29, 1.82) is 0 Å². The van der Waals surface area contributed by atoms with E-state index in [1.807, 2.05) is 6.92 Å². The molecule has 0 radical (unpaired) electrons. The third-order valence-corrected chi connectivity index (χ3v) is 2.60. The predicted molar refractivity (Wildman–Crippen MR) is 59.2 cm³/mol. The number of hydrogen-bond acceptors (Lipinski definition) is 3. The molecule has 3 nitrogen and oxygen atoms in total. The van der Waals surface area contributed by atoms with E-state index in [4.69, 9.17) is 5.73 Å². The second-order valence-corrected chi connectivity index (χ2v) is 3.65. The molecular formula is C11H14FN3. The average molecular weight is 207 g/mol. The highest BCUT2D eigenvalue weighted by molar-refractivity contribution is 5.85. The molecule has 0 saturated carbocycles. The van der Waals surface area contributed by atoms with Crippen molar-refractivity contribution in [2.45, 2.75) is 25.8 Å². The summed E-state index contributed by atoms with van der Waals surface area (Å²) in [4.78, 5) is 0. The van der Waals surface area contributed by atoms with E-state index in [0.717, 1.165) is 6.42 Å². The smallest absolute Gasteiger partial charge is 0.148 e. The molecule has 1 unspecified atom stereocenters. The molecule has 15 heavy (non-hydrogen) atoms. The quantitative estimate of drug-likeness (QED) is 0.806. The topological polar surface area (TPSA) is 41.6 Å². The lowest BCUT2D eigenvalue weighted by Gasteiger charge is -2.22. The van der Waals surface area contributed by atoms with Crippen molar-refractivity contribution in [2.24, 2.45) is 10.8 Å². The largest absolute Gasteiger partial charge is 0.386 e. The van der Waals surface area contributed by atoms with Crippen LogP contribution in [0, 0.1) is 5.82 Å². The number of nitrogens with zero attached hydrogens (tertiary/aromatic N) is 2. The SMILES string of the molecule is CCC1CC(N)=NN1c1ccccc1F. The summed E-state index contributed by atoms with van der Waals surface area (Å²) in [5.74, 6) is 0.319. The lowest BCUT2D eigenvalue weighted by Crippen LogP contribution is -2.26. The van der Waals surface area contributed by atoms with E-state index < -0.39 is 0 Å². The maximum atomic E-state index is 13.5. The normalized spacial score (nSPS) is 20.5. The summed E-state index contributed by atoms with van der Waals surface area (Å²) < 4.78 is 13.5. The first-order chi connectivity index (χ1) is 7.22. The molecule has 1 atom stereocenters. The monoisotopic (exact) mass is 207 g/mol. The van der Waals surface area contributed by atoms with Gasteiger partial charge in [-0.3, -0.25) is 5.01 Å². The third-order valence-electron chi connectivity index (χ3n) is 2.60. The Kier molecular flexibility index (Phi) is 2.58. The van der Waals surface area contributed by atoms with Gasteiger partial charge in [-0.15, -0.1) is 0 Å². The molecular weight excluding hydrogens is 193 g/mol. The number of nitrogens with two attached hydrogens (primary N) is 1. The first-order valence-electron chi connectivity index (χ1n) is 5.09. The average Bonchev–Trinajstić information content (AvgIpc) is 2.60. The summed E-state index contributed by atoms with van der Waals surface area (Å²) in [5.41, 5.74) is 6.17. The standard InChI is InChI=1S/C11H14FN3/c1-2-8-7-11(13)14-15(8)10-6-4-3-5-9(10)12/h3-6,8H,2,7H2,1H3,(H2,13,14). The summed E-state index contributed by atoms with van der Waals surface area (Å²) in [6.45, 7) is 2.05. The van der Waals surface area contributed by atoms with E-state index in [1.54, 1.807) is 23.2 Å². The Morgan fingerprint density at radius 2 is 2.27 bits per heavy atom. The molecule has 0 aromatic heterocycles. The van der Waals surface area contributed by atoms with Crippen LogP contribution < -0.4 is 10.7 Å². The van der Waals surface area contributed by atoms with E-state index in [1.165, 1.54) is 6.07 Å². The Morgan fingerprint density at radius 3 is 2.93 bits per heavy atom. The molecule has 0 saturated heterocycles. The van der Waals surface area contributed by atoms with Gasteiger partial charge >= 0.3 is 0 Å². The van der Waals surface area contributed by atoms with Gasteiger partial charge in [0, 0.05) is 6.42 Å². The van der Waals surface area contributed by atoms with Gasteiger partial charge in [0.05, 0.1) is 11.7 Å². The van der Waals surface area contributed by atoms with Gasteiger partial charge < -0.3 is 5.73 Å². The molecule has 1 aliphatic heterocycles. The Hall–Kier alpha value is -1.58. The van der Waals surface area contributed by atoms with Gasteiger partial charge in [0.15, 0.2) is 0 Å². The maximum absolute atomic E-state index is 13.5. The predicted octanol–water partition coefficient (Wildman–Crippen LogP) is 2.09. The van der Waals surface area contributed by atoms with Crippen molar-refractivity contribution in [3.63, 3.8) is 0 Å². The van der Waals surface area contributed by atoms with E-state index in [9.17, 15) is 4.39 Å². The molecule has 1 aliphatic rings. The molecule has 0 spiro atoms. The van der Waals surface area contributed by atoms with Crippen LogP contribution in [0.5, 0.6) is 0 Å². The Bertz CT molecular complexity index is 389. The highest BCUT2D eigenvalue weighted by Gasteiger charge is 2.26. The zero-order valence-corrected chi connectivity index (χ0v) is 8.65. The lowest BCUT2D eigenvalue weighted by molar-refractivity contribution is 0.590. The van der Waals surface area contributed by atoms with E-state index in [0.29, 0.717) is 17.9 Å². The fourth-order valence-corrected chi connectivity index (χ4v) is 1.79. The first kappa shape index (κ1) is 9.96. The van der Waals surface area contributed by atoms with Crippen molar-refractivity contribution < 1.29 is 4.39 Å². The maximum Gasteiger partial charge on any atom is 0.148 e. The number of halogens is 1. The second-order valence-electron chi connectivity index (χ2n) is 3.65. The van der Waals surface area contributed by atoms with E-state index >= 15 is 0 Å². The van der Waals surface area contributed by atoms with Crippen LogP contribution in [0.3, 0.4) is 0 Å².